The van der Waals surface area contributed by atoms with Gasteiger partial charge in [-0.25, -0.2) is 19.7 Å². The van der Waals surface area contributed by atoms with Crippen molar-refractivity contribution in [2.45, 2.75) is 90.8 Å². The van der Waals surface area contributed by atoms with Crippen LogP contribution in [-0.2, 0) is 12.1 Å². The molecule has 4 heterocycles. The smallest absolute Gasteiger partial charge is 0.386 e. The maximum absolute atomic E-state index is 11.7. The molecule has 0 radical (unpaired) electrons. The Balaban J connectivity index is 1.53. The maximum atomic E-state index is 11.7. The number of nitrogens with zero attached hydrogens (tertiary/aromatic N) is 6. The lowest BCUT2D eigenvalue weighted by molar-refractivity contribution is 0.0785. The third-order valence-electron chi connectivity index (χ3n) is 8.75. The topological polar surface area (TPSA) is 148 Å². The summed E-state index contributed by atoms with van der Waals surface area (Å²) in [6.07, 6.45) is 10.0. The van der Waals surface area contributed by atoms with E-state index in [4.69, 9.17) is 19.5 Å². The summed E-state index contributed by atoms with van der Waals surface area (Å²) in [5.41, 5.74) is 1.70. The van der Waals surface area contributed by atoms with Crippen LogP contribution in [0.1, 0.15) is 78.2 Å². The van der Waals surface area contributed by atoms with E-state index < -0.39 is 11.4 Å². The lowest BCUT2D eigenvalue weighted by Crippen LogP contribution is -2.31. The summed E-state index contributed by atoms with van der Waals surface area (Å²) in [5, 5.41) is 18.2. The monoisotopic (exact) mass is 546 g/mol. The third-order valence-corrected chi connectivity index (χ3v) is 8.75. The first-order valence-electron chi connectivity index (χ1n) is 14.5. The maximum Gasteiger partial charge on any atom is 0.439 e. The summed E-state index contributed by atoms with van der Waals surface area (Å²) >= 11 is 0. The predicted molar refractivity (Wildman–Crippen MR) is 151 cm³/mol. The van der Waals surface area contributed by atoms with Crippen molar-refractivity contribution in [2.75, 3.05) is 5.32 Å². The Kier molecular flexibility index (Phi) is 6.93. The molecule has 0 bridgehead atoms. The van der Waals surface area contributed by atoms with Crippen molar-refractivity contribution in [3.8, 4) is 23.2 Å². The van der Waals surface area contributed by atoms with Crippen LogP contribution in [-0.4, -0.2) is 45.8 Å². The fourth-order valence-electron chi connectivity index (χ4n) is 5.92. The Labute approximate surface area is 232 Å². The van der Waals surface area contributed by atoms with Crippen LogP contribution in [0.3, 0.4) is 0 Å². The van der Waals surface area contributed by atoms with Crippen LogP contribution in [0.5, 0.6) is 0 Å². The number of pyridine rings is 1. The summed E-state index contributed by atoms with van der Waals surface area (Å²) in [6.45, 7) is 8.81. The number of H-pyrrole nitrogens is 1. The standard InChI is InChI=1S/C29H38N8O3/c1-16-8-10-18(11-9-16)15-37-22-23(31-17(2)19-6-5-7-19)32-25(26-35-28(38)40-36-26)33-24(22)34-27(37)21-14-20(12-13-30-21)29(3,4)39/h12-14,16-19,39H,5-11,15H2,1-4H3,(H,31,32,33)(H,35,36,38)/t16?,17-,18?/m1/s1. The molecule has 0 unspecified atom stereocenters. The predicted octanol–water partition coefficient (Wildman–Crippen LogP) is 4.89. The highest BCUT2D eigenvalue weighted by Crippen LogP contribution is 2.37. The average Bonchev–Trinajstić information content (AvgIpc) is 3.47. The molecule has 0 amide bonds. The zero-order valence-electron chi connectivity index (χ0n) is 23.6. The number of imidazole rings is 1. The van der Waals surface area contributed by atoms with Gasteiger partial charge < -0.3 is 15.0 Å². The van der Waals surface area contributed by atoms with Crippen LogP contribution in [0.25, 0.3) is 34.3 Å². The van der Waals surface area contributed by atoms with Crippen LogP contribution in [0.15, 0.2) is 27.6 Å². The van der Waals surface area contributed by atoms with E-state index >= 15 is 0 Å². The van der Waals surface area contributed by atoms with Crippen LogP contribution in [0.2, 0.25) is 0 Å². The van der Waals surface area contributed by atoms with Crippen LogP contribution in [0.4, 0.5) is 5.82 Å². The minimum atomic E-state index is -1.02. The van der Waals surface area contributed by atoms with E-state index in [2.05, 4.69) is 38.9 Å². The van der Waals surface area contributed by atoms with Crippen molar-refractivity contribution in [1.82, 2.24) is 34.6 Å². The van der Waals surface area contributed by atoms with E-state index in [1.165, 1.54) is 32.1 Å². The molecule has 40 heavy (non-hydrogen) atoms. The van der Waals surface area contributed by atoms with Gasteiger partial charge in [-0.1, -0.05) is 31.3 Å². The van der Waals surface area contributed by atoms with E-state index in [9.17, 15) is 9.90 Å². The zero-order chi connectivity index (χ0) is 28.0. The molecule has 0 spiro atoms. The lowest BCUT2D eigenvalue weighted by atomic mass is 9.80. The molecule has 2 aliphatic rings. The van der Waals surface area contributed by atoms with Gasteiger partial charge in [0.2, 0.25) is 11.6 Å². The van der Waals surface area contributed by atoms with E-state index in [-0.39, 0.29) is 17.7 Å². The molecule has 0 saturated heterocycles. The highest BCUT2D eigenvalue weighted by atomic mass is 16.5. The number of fused-ring (bicyclic) bond motifs is 1. The Morgan fingerprint density at radius 1 is 1.18 bits per heavy atom. The van der Waals surface area contributed by atoms with Crippen LogP contribution in [0, 0.1) is 17.8 Å². The Hall–Kier alpha value is -3.60. The number of aromatic nitrogens is 7. The van der Waals surface area contributed by atoms with Crippen LogP contribution >= 0.6 is 0 Å². The van der Waals surface area contributed by atoms with Crippen molar-refractivity contribution in [3.63, 3.8) is 0 Å². The van der Waals surface area contributed by atoms with Gasteiger partial charge >= 0.3 is 5.76 Å². The fourth-order valence-corrected chi connectivity index (χ4v) is 5.92. The number of anilines is 1. The van der Waals surface area contributed by atoms with Gasteiger partial charge in [-0.3, -0.25) is 14.5 Å². The number of nitrogens with one attached hydrogen (secondary N) is 2. The first-order chi connectivity index (χ1) is 19.2. The molecule has 0 aliphatic heterocycles. The van der Waals surface area contributed by atoms with E-state index in [1.54, 1.807) is 20.0 Å². The van der Waals surface area contributed by atoms with Crippen LogP contribution < -0.4 is 11.1 Å². The van der Waals surface area contributed by atoms with Crippen molar-refractivity contribution in [1.29, 1.82) is 0 Å². The van der Waals surface area contributed by atoms with Crippen molar-refractivity contribution in [2.24, 2.45) is 17.8 Å². The Morgan fingerprint density at radius 3 is 2.60 bits per heavy atom. The lowest BCUT2D eigenvalue weighted by Gasteiger charge is -2.32. The molecule has 6 rings (SSSR count). The highest BCUT2D eigenvalue weighted by molar-refractivity contribution is 5.88. The minimum absolute atomic E-state index is 0.158. The van der Waals surface area contributed by atoms with E-state index in [0.29, 0.717) is 34.8 Å². The summed E-state index contributed by atoms with van der Waals surface area (Å²) in [4.78, 5) is 33.6. The van der Waals surface area contributed by atoms with Gasteiger partial charge in [0.05, 0.1) is 5.60 Å². The molecule has 2 aliphatic carbocycles. The summed E-state index contributed by atoms with van der Waals surface area (Å²) in [5.74, 6) is 2.88. The normalized spacial score (nSPS) is 20.9. The molecule has 212 valence electrons. The first-order valence-corrected chi connectivity index (χ1v) is 14.5. The molecular weight excluding hydrogens is 508 g/mol. The van der Waals surface area contributed by atoms with E-state index in [0.717, 1.165) is 36.4 Å². The van der Waals surface area contributed by atoms with Gasteiger partial charge in [-0.05, 0) is 81.9 Å². The van der Waals surface area contributed by atoms with Gasteiger partial charge in [0, 0.05) is 18.8 Å². The van der Waals surface area contributed by atoms with Gasteiger partial charge in [-0.15, -0.1) is 0 Å². The van der Waals surface area contributed by atoms with Crippen molar-refractivity contribution < 1.29 is 9.63 Å². The largest absolute Gasteiger partial charge is 0.439 e. The second kappa shape index (κ2) is 10.4. The van der Waals surface area contributed by atoms with Gasteiger partial charge in [0.15, 0.2) is 17.3 Å². The number of rotatable bonds is 8. The molecule has 11 heteroatoms. The number of hydrogen-bond donors (Lipinski definition) is 3. The number of aliphatic hydroxyl groups is 1. The van der Waals surface area contributed by atoms with Gasteiger partial charge in [0.1, 0.15) is 11.2 Å². The Bertz CT molecular complexity index is 1550. The second-order valence-corrected chi connectivity index (χ2v) is 12.3. The molecule has 4 aromatic heterocycles. The zero-order valence-corrected chi connectivity index (χ0v) is 23.6. The molecule has 3 N–H and O–H groups in total. The second-order valence-electron chi connectivity index (χ2n) is 12.3. The molecular formula is C29H38N8O3. The average molecular weight is 547 g/mol. The van der Waals surface area contributed by atoms with Crippen molar-refractivity contribution in [3.05, 3.63) is 34.4 Å². The SMILES string of the molecule is CC1CCC(Cn2c(-c3cc(C(C)(C)O)ccn3)nc3nc(-c4noc(=O)[nH]4)nc(N[C@H](C)C4CCC4)c32)CC1. The molecule has 0 aromatic carbocycles. The fraction of sp³-hybridized carbons (Fsp3) is 0.586. The van der Waals surface area contributed by atoms with Gasteiger partial charge in [-0.2, -0.15) is 0 Å². The third kappa shape index (κ3) is 5.26. The molecule has 2 fully saturated rings. The molecule has 2 saturated carbocycles. The molecule has 1 atom stereocenters. The summed E-state index contributed by atoms with van der Waals surface area (Å²) < 4.78 is 6.95. The molecule has 4 aromatic rings. The Morgan fingerprint density at radius 2 is 1.95 bits per heavy atom. The van der Waals surface area contributed by atoms with E-state index in [1.807, 2.05) is 12.1 Å². The number of aromatic amines is 1. The summed E-state index contributed by atoms with van der Waals surface area (Å²) in [7, 11) is 0. The minimum Gasteiger partial charge on any atom is -0.386 e. The highest BCUT2D eigenvalue weighted by Gasteiger charge is 2.29. The van der Waals surface area contributed by atoms with Crippen molar-refractivity contribution >= 4 is 17.0 Å². The molecule has 11 nitrogen and oxygen atoms in total. The first kappa shape index (κ1) is 26.6. The summed E-state index contributed by atoms with van der Waals surface area (Å²) in [6, 6.07) is 3.93. The quantitative estimate of drug-likeness (QED) is 0.281. The van der Waals surface area contributed by atoms with Gasteiger partial charge in [0.25, 0.3) is 0 Å². The number of hydrogen-bond acceptors (Lipinski definition) is 9.